The molecule has 0 radical (unpaired) electrons. The Morgan fingerprint density at radius 1 is 1.33 bits per heavy atom. The predicted molar refractivity (Wildman–Crippen MR) is 97.1 cm³/mol. The highest BCUT2D eigenvalue weighted by Gasteiger charge is 2.23. The lowest BCUT2D eigenvalue weighted by atomic mass is 10.1. The summed E-state index contributed by atoms with van der Waals surface area (Å²) in [4.78, 5) is 29.4. The Bertz CT molecular complexity index is 727. The maximum atomic E-state index is 12.5. The van der Waals surface area contributed by atoms with Crippen molar-refractivity contribution < 1.29 is 14.3 Å². The summed E-state index contributed by atoms with van der Waals surface area (Å²) in [7, 11) is 4.97. The van der Waals surface area contributed by atoms with Crippen LogP contribution in [0.5, 0.6) is 0 Å². The number of H-pyrrole nitrogens is 1. The molecule has 0 spiro atoms. The lowest BCUT2D eigenvalue weighted by Crippen LogP contribution is -2.46. The summed E-state index contributed by atoms with van der Waals surface area (Å²) >= 11 is 3.41. The second-order valence-electron chi connectivity index (χ2n) is 5.81. The van der Waals surface area contributed by atoms with Gasteiger partial charge < -0.3 is 19.9 Å². The number of amides is 2. The Kier molecular flexibility index (Phi) is 6.39. The molecule has 2 aromatic rings. The van der Waals surface area contributed by atoms with Gasteiger partial charge in [-0.05, 0) is 37.1 Å². The fourth-order valence-electron chi connectivity index (χ4n) is 2.46. The van der Waals surface area contributed by atoms with Crippen molar-refractivity contribution in [3.8, 4) is 0 Å². The van der Waals surface area contributed by atoms with Crippen LogP contribution in [0.25, 0.3) is 10.9 Å². The highest BCUT2D eigenvalue weighted by Crippen LogP contribution is 2.20. The molecule has 0 aliphatic carbocycles. The minimum absolute atomic E-state index is 0.127. The molecule has 1 aromatic carbocycles. The number of likely N-dealkylation sites (N-methyl/N-ethyl adjacent to an activating group) is 1. The molecule has 0 fully saturated rings. The molecule has 7 heteroatoms. The lowest BCUT2D eigenvalue weighted by Gasteiger charge is -2.21. The smallest absolute Gasteiger partial charge is 0.268 e. The number of nitrogens with one attached hydrogen (secondary N) is 2. The molecule has 2 amide bonds. The van der Waals surface area contributed by atoms with Crippen LogP contribution in [0.1, 0.15) is 23.3 Å². The molecule has 6 nitrogen and oxygen atoms in total. The fraction of sp³-hybridized carbons (Fsp3) is 0.412. The number of ether oxygens (including phenoxy) is 1. The van der Waals surface area contributed by atoms with Gasteiger partial charge in [-0.1, -0.05) is 15.9 Å². The highest BCUT2D eigenvalue weighted by atomic mass is 79.9. The van der Waals surface area contributed by atoms with Crippen molar-refractivity contribution in [2.45, 2.75) is 18.9 Å². The van der Waals surface area contributed by atoms with Crippen LogP contribution >= 0.6 is 15.9 Å². The average Bonchev–Trinajstić information content (AvgIpc) is 2.96. The molecule has 0 aliphatic rings. The normalized spacial score (nSPS) is 12.2. The molecule has 1 atom stereocenters. The molecule has 0 aliphatic heterocycles. The van der Waals surface area contributed by atoms with E-state index in [0.29, 0.717) is 25.1 Å². The van der Waals surface area contributed by atoms with Crippen LogP contribution in [0.2, 0.25) is 0 Å². The third-order valence-electron chi connectivity index (χ3n) is 3.71. The van der Waals surface area contributed by atoms with Crippen molar-refractivity contribution in [1.29, 1.82) is 0 Å². The third kappa shape index (κ3) is 4.58. The molecule has 1 aromatic heterocycles. The van der Waals surface area contributed by atoms with Gasteiger partial charge in [0, 0.05) is 43.2 Å². The van der Waals surface area contributed by atoms with Crippen molar-refractivity contribution in [2.75, 3.05) is 27.8 Å². The Labute approximate surface area is 149 Å². The average molecular weight is 396 g/mol. The van der Waals surface area contributed by atoms with E-state index in [1.807, 2.05) is 18.2 Å². The van der Waals surface area contributed by atoms with Crippen LogP contribution in [0.3, 0.4) is 0 Å². The van der Waals surface area contributed by atoms with Crippen molar-refractivity contribution in [3.05, 3.63) is 34.4 Å². The van der Waals surface area contributed by atoms with E-state index in [0.717, 1.165) is 15.4 Å². The largest absolute Gasteiger partial charge is 0.385 e. The molecule has 0 saturated heterocycles. The first-order chi connectivity index (χ1) is 11.4. The van der Waals surface area contributed by atoms with E-state index >= 15 is 0 Å². The van der Waals surface area contributed by atoms with Crippen molar-refractivity contribution in [2.24, 2.45) is 0 Å². The lowest BCUT2D eigenvalue weighted by molar-refractivity contribution is -0.130. The van der Waals surface area contributed by atoms with E-state index in [4.69, 9.17) is 4.74 Å². The summed E-state index contributed by atoms with van der Waals surface area (Å²) in [6.07, 6.45) is 1.23. The van der Waals surface area contributed by atoms with Crippen LogP contribution < -0.4 is 5.32 Å². The molecular weight excluding hydrogens is 374 g/mol. The number of aromatic amines is 1. The number of carbonyl (C=O) groups excluding carboxylic acids is 2. The first kappa shape index (κ1) is 18.5. The predicted octanol–water partition coefficient (Wildman–Crippen LogP) is 2.54. The molecule has 1 unspecified atom stereocenters. The summed E-state index contributed by atoms with van der Waals surface area (Å²) < 4.78 is 5.97. The van der Waals surface area contributed by atoms with Crippen LogP contribution in [-0.2, 0) is 9.53 Å². The number of rotatable bonds is 7. The number of fused-ring (bicyclic) bond motifs is 1. The summed E-state index contributed by atoms with van der Waals surface area (Å²) in [5.41, 5.74) is 1.31. The topological polar surface area (TPSA) is 74.4 Å². The number of halogens is 1. The molecule has 1 heterocycles. The van der Waals surface area contributed by atoms with E-state index in [1.165, 1.54) is 4.90 Å². The van der Waals surface area contributed by atoms with E-state index in [2.05, 4.69) is 26.2 Å². The van der Waals surface area contributed by atoms with Gasteiger partial charge in [-0.3, -0.25) is 9.59 Å². The Balaban J connectivity index is 2.13. The first-order valence-corrected chi connectivity index (χ1v) is 8.51. The summed E-state index contributed by atoms with van der Waals surface area (Å²) in [5, 5.41) is 3.75. The number of hydrogen-bond donors (Lipinski definition) is 2. The van der Waals surface area contributed by atoms with E-state index in [-0.39, 0.29) is 11.8 Å². The standard InChI is InChI=1S/C17H22BrN3O3/c1-21(2)17(23)14(5-4-8-24-3)20-16(22)15-10-11-9-12(18)6-7-13(11)19-15/h6-7,9-10,14,19H,4-5,8H2,1-3H3,(H,20,22). The second kappa shape index (κ2) is 8.30. The van der Waals surface area contributed by atoms with Gasteiger partial charge in [-0.15, -0.1) is 0 Å². The van der Waals surface area contributed by atoms with E-state index < -0.39 is 6.04 Å². The van der Waals surface area contributed by atoms with E-state index in [1.54, 1.807) is 27.3 Å². The maximum absolute atomic E-state index is 12.5. The summed E-state index contributed by atoms with van der Waals surface area (Å²) in [6, 6.07) is 6.95. The van der Waals surface area contributed by atoms with Gasteiger partial charge in [0.1, 0.15) is 11.7 Å². The number of benzene rings is 1. The number of carbonyl (C=O) groups is 2. The molecule has 2 N–H and O–H groups in total. The SMILES string of the molecule is COCCCC(NC(=O)c1cc2cc(Br)ccc2[nH]1)C(=O)N(C)C. The van der Waals surface area contributed by atoms with Crippen LogP contribution in [-0.4, -0.2) is 55.6 Å². The van der Waals surface area contributed by atoms with Gasteiger partial charge in [0.25, 0.3) is 5.91 Å². The molecule has 0 saturated carbocycles. The van der Waals surface area contributed by atoms with Gasteiger partial charge in [-0.2, -0.15) is 0 Å². The third-order valence-corrected chi connectivity index (χ3v) is 4.21. The zero-order valence-corrected chi connectivity index (χ0v) is 15.6. The Morgan fingerprint density at radius 3 is 2.75 bits per heavy atom. The van der Waals surface area contributed by atoms with Gasteiger partial charge in [0.15, 0.2) is 0 Å². The molecular formula is C17H22BrN3O3. The van der Waals surface area contributed by atoms with Gasteiger partial charge in [0.05, 0.1) is 0 Å². The summed E-state index contributed by atoms with van der Waals surface area (Å²) in [5.74, 6) is -0.418. The fourth-order valence-corrected chi connectivity index (χ4v) is 2.84. The van der Waals surface area contributed by atoms with Crippen LogP contribution in [0.4, 0.5) is 0 Å². The van der Waals surface area contributed by atoms with E-state index in [9.17, 15) is 9.59 Å². The maximum Gasteiger partial charge on any atom is 0.268 e. The monoisotopic (exact) mass is 395 g/mol. The zero-order chi connectivity index (χ0) is 17.7. The van der Waals surface area contributed by atoms with Crippen molar-refractivity contribution >= 4 is 38.6 Å². The molecule has 2 rings (SSSR count). The zero-order valence-electron chi connectivity index (χ0n) is 14.1. The molecule has 130 valence electrons. The Morgan fingerprint density at radius 2 is 2.08 bits per heavy atom. The van der Waals surface area contributed by atoms with Gasteiger partial charge in [-0.25, -0.2) is 0 Å². The number of methoxy groups -OCH3 is 1. The van der Waals surface area contributed by atoms with Crippen LogP contribution in [0.15, 0.2) is 28.7 Å². The number of aromatic nitrogens is 1. The minimum atomic E-state index is -0.569. The molecule has 0 bridgehead atoms. The van der Waals surface area contributed by atoms with Gasteiger partial charge in [0.2, 0.25) is 5.91 Å². The molecule has 24 heavy (non-hydrogen) atoms. The number of nitrogens with zero attached hydrogens (tertiary/aromatic N) is 1. The Hall–Kier alpha value is -1.86. The first-order valence-electron chi connectivity index (χ1n) is 7.71. The highest BCUT2D eigenvalue weighted by molar-refractivity contribution is 9.10. The van der Waals surface area contributed by atoms with Gasteiger partial charge >= 0.3 is 0 Å². The quantitative estimate of drug-likeness (QED) is 0.707. The minimum Gasteiger partial charge on any atom is -0.385 e. The van der Waals surface area contributed by atoms with Crippen LogP contribution in [0, 0.1) is 0 Å². The second-order valence-corrected chi connectivity index (χ2v) is 6.72. The number of hydrogen-bond acceptors (Lipinski definition) is 3. The van der Waals surface area contributed by atoms with Crippen molar-refractivity contribution in [3.63, 3.8) is 0 Å². The van der Waals surface area contributed by atoms with Crippen molar-refractivity contribution in [1.82, 2.24) is 15.2 Å². The summed E-state index contributed by atoms with van der Waals surface area (Å²) in [6.45, 7) is 0.549.